The summed E-state index contributed by atoms with van der Waals surface area (Å²) >= 11 is 0. The van der Waals surface area contributed by atoms with Gasteiger partial charge in [0.15, 0.2) is 6.10 Å². The maximum absolute atomic E-state index is 12.8. The molecule has 3 saturated heterocycles. The average Bonchev–Trinajstić information content (AvgIpc) is 3.21. The van der Waals surface area contributed by atoms with Gasteiger partial charge in [0.05, 0.1) is 0 Å². The molecule has 3 aliphatic rings. The highest BCUT2D eigenvalue weighted by atomic mass is 19.4. The van der Waals surface area contributed by atoms with Gasteiger partial charge in [-0.3, -0.25) is 9.69 Å². The summed E-state index contributed by atoms with van der Waals surface area (Å²) in [6, 6.07) is 6.52. The van der Waals surface area contributed by atoms with Crippen LogP contribution in [0.4, 0.5) is 23.7 Å². The summed E-state index contributed by atoms with van der Waals surface area (Å²) < 4.78 is 43.0. The lowest BCUT2D eigenvalue weighted by Crippen LogP contribution is -2.53. The first kappa shape index (κ1) is 26.6. The molecule has 1 aromatic carbocycles. The highest BCUT2D eigenvalue weighted by Gasteiger charge is 2.45. The molecule has 1 unspecified atom stereocenters. The third kappa shape index (κ3) is 5.74. The van der Waals surface area contributed by atoms with Crippen LogP contribution >= 0.6 is 0 Å². The SMILES string of the molecule is Cc1ccc(CN2CCCC23CCN(C(=O)OC(C)C(F)(F)F)CC3)c(N2CCC(C(N)=O)CC2)c1. The molecule has 3 heterocycles. The van der Waals surface area contributed by atoms with Crippen molar-refractivity contribution in [2.24, 2.45) is 11.7 Å². The summed E-state index contributed by atoms with van der Waals surface area (Å²) in [4.78, 5) is 30.2. The number of alkyl halides is 3. The fourth-order valence-electron chi connectivity index (χ4n) is 5.92. The number of aryl methyl sites for hydroxylation is 1. The molecule has 4 rings (SSSR count). The maximum Gasteiger partial charge on any atom is 0.425 e. The van der Waals surface area contributed by atoms with Crippen molar-refractivity contribution in [3.8, 4) is 0 Å². The van der Waals surface area contributed by atoms with Gasteiger partial charge in [-0.2, -0.15) is 13.2 Å². The van der Waals surface area contributed by atoms with Crippen molar-refractivity contribution in [1.29, 1.82) is 0 Å². The number of anilines is 1. The van der Waals surface area contributed by atoms with Crippen LogP contribution in [0.15, 0.2) is 18.2 Å². The van der Waals surface area contributed by atoms with E-state index in [1.54, 1.807) is 0 Å². The number of hydrogen-bond acceptors (Lipinski definition) is 5. The van der Waals surface area contributed by atoms with E-state index in [9.17, 15) is 22.8 Å². The van der Waals surface area contributed by atoms with Crippen LogP contribution in [-0.2, 0) is 16.1 Å². The number of rotatable bonds is 5. The summed E-state index contributed by atoms with van der Waals surface area (Å²) in [5, 5.41) is 0. The van der Waals surface area contributed by atoms with Crippen molar-refractivity contribution >= 4 is 17.7 Å². The minimum Gasteiger partial charge on any atom is -0.437 e. The molecule has 200 valence electrons. The fourth-order valence-corrected chi connectivity index (χ4v) is 5.92. The zero-order chi connectivity index (χ0) is 26.1. The van der Waals surface area contributed by atoms with E-state index in [1.165, 1.54) is 21.7 Å². The third-order valence-corrected chi connectivity index (χ3v) is 8.27. The molecule has 3 aliphatic heterocycles. The molecule has 2 amide bonds. The normalized spacial score (nSPS) is 22.1. The molecule has 0 aliphatic carbocycles. The van der Waals surface area contributed by atoms with Crippen molar-refractivity contribution in [3.05, 3.63) is 29.3 Å². The first-order chi connectivity index (χ1) is 17.0. The Bertz CT molecular complexity index is 954. The van der Waals surface area contributed by atoms with Gasteiger partial charge in [-0.1, -0.05) is 12.1 Å². The van der Waals surface area contributed by atoms with Crippen LogP contribution in [0, 0.1) is 12.8 Å². The van der Waals surface area contributed by atoms with Gasteiger partial charge in [-0.05, 0) is 76.1 Å². The number of likely N-dealkylation sites (tertiary alicyclic amines) is 2. The van der Waals surface area contributed by atoms with Crippen LogP contribution < -0.4 is 10.6 Å². The van der Waals surface area contributed by atoms with E-state index in [-0.39, 0.29) is 17.4 Å². The molecule has 10 heteroatoms. The van der Waals surface area contributed by atoms with E-state index in [0.717, 1.165) is 58.8 Å². The van der Waals surface area contributed by atoms with E-state index < -0.39 is 18.4 Å². The molecule has 1 spiro atoms. The largest absolute Gasteiger partial charge is 0.437 e. The van der Waals surface area contributed by atoms with Gasteiger partial charge < -0.3 is 20.3 Å². The Morgan fingerprint density at radius 1 is 1.11 bits per heavy atom. The molecular formula is C26H37F3N4O3. The van der Waals surface area contributed by atoms with E-state index in [2.05, 4.69) is 39.7 Å². The lowest BCUT2D eigenvalue weighted by atomic mass is 9.84. The van der Waals surface area contributed by atoms with Gasteiger partial charge in [-0.25, -0.2) is 4.79 Å². The smallest absolute Gasteiger partial charge is 0.425 e. The quantitative estimate of drug-likeness (QED) is 0.642. The van der Waals surface area contributed by atoms with Gasteiger partial charge in [0, 0.05) is 49.9 Å². The second-order valence-electron chi connectivity index (χ2n) is 10.6. The number of primary amides is 1. The van der Waals surface area contributed by atoms with Gasteiger partial charge in [0.25, 0.3) is 0 Å². The van der Waals surface area contributed by atoms with Crippen LogP contribution in [-0.4, -0.2) is 72.3 Å². The van der Waals surface area contributed by atoms with Crippen LogP contribution in [0.25, 0.3) is 0 Å². The number of carbonyl (C=O) groups is 2. The van der Waals surface area contributed by atoms with Crippen LogP contribution in [0.2, 0.25) is 0 Å². The summed E-state index contributed by atoms with van der Waals surface area (Å²) in [6.07, 6.45) is -2.54. The number of ether oxygens (including phenoxy) is 1. The lowest BCUT2D eigenvalue weighted by molar-refractivity contribution is -0.200. The van der Waals surface area contributed by atoms with Crippen molar-refractivity contribution < 1.29 is 27.5 Å². The lowest BCUT2D eigenvalue weighted by Gasteiger charge is -2.45. The summed E-state index contributed by atoms with van der Waals surface area (Å²) in [6.45, 7) is 7.04. The first-order valence-electron chi connectivity index (χ1n) is 12.9. The highest BCUT2D eigenvalue weighted by Crippen LogP contribution is 2.41. The number of nitrogens with zero attached hydrogens (tertiary/aromatic N) is 3. The monoisotopic (exact) mass is 510 g/mol. The minimum atomic E-state index is -4.56. The Kier molecular flexibility index (Phi) is 7.73. The minimum absolute atomic E-state index is 0.0620. The zero-order valence-electron chi connectivity index (χ0n) is 21.1. The Balaban J connectivity index is 1.41. The first-order valence-corrected chi connectivity index (χ1v) is 12.9. The number of amides is 2. The average molecular weight is 511 g/mol. The van der Waals surface area contributed by atoms with Gasteiger partial charge in [0.1, 0.15) is 0 Å². The van der Waals surface area contributed by atoms with E-state index >= 15 is 0 Å². The molecular weight excluding hydrogens is 473 g/mol. The summed E-state index contributed by atoms with van der Waals surface area (Å²) in [5.41, 5.74) is 9.07. The van der Waals surface area contributed by atoms with Crippen molar-refractivity contribution in [2.45, 2.75) is 76.7 Å². The molecule has 2 N–H and O–H groups in total. The van der Waals surface area contributed by atoms with Crippen molar-refractivity contribution in [1.82, 2.24) is 9.80 Å². The van der Waals surface area contributed by atoms with Crippen LogP contribution in [0.1, 0.15) is 56.6 Å². The van der Waals surface area contributed by atoms with Crippen LogP contribution in [0.3, 0.4) is 0 Å². The molecule has 1 aromatic rings. The molecule has 0 radical (unpaired) electrons. The molecule has 0 bridgehead atoms. The number of carbonyl (C=O) groups excluding carboxylic acids is 2. The molecule has 0 saturated carbocycles. The predicted molar refractivity (Wildman–Crippen MR) is 130 cm³/mol. The van der Waals surface area contributed by atoms with Gasteiger partial charge >= 0.3 is 12.3 Å². The fraction of sp³-hybridized carbons (Fsp3) is 0.692. The predicted octanol–water partition coefficient (Wildman–Crippen LogP) is 4.21. The zero-order valence-corrected chi connectivity index (χ0v) is 21.1. The Morgan fingerprint density at radius 2 is 1.78 bits per heavy atom. The number of hydrogen-bond donors (Lipinski definition) is 1. The third-order valence-electron chi connectivity index (χ3n) is 8.27. The maximum atomic E-state index is 12.8. The summed E-state index contributed by atoms with van der Waals surface area (Å²) in [5.74, 6) is -0.284. The van der Waals surface area contributed by atoms with Crippen molar-refractivity contribution in [3.63, 3.8) is 0 Å². The van der Waals surface area contributed by atoms with Crippen molar-refractivity contribution in [2.75, 3.05) is 37.6 Å². The second-order valence-corrected chi connectivity index (χ2v) is 10.6. The Morgan fingerprint density at radius 3 is 2.39 bits per heavy atom. The molecule has 1 atom stereocenters. The highest BCUT2D eigenvalue weighted by molar-refractivity contribution is 5.77. The van der Waals surface area contributed by atoms with Gasteiger partial charge in [0.2, 0.25) is 5.91 Å². The number of benzene rings is 1. The van der Waals surface area contributed by atoms with Crippen LogP contribution in [0.5, 0.6) is 0 Å². The molecule has 3 fully saturated rings. The standard InChI is InChI=1S/C26H37F3N4O3/c1-18-4-5-21(22(16-18)31-12-6-20(7-13-31)23(30)34)17-33-11-3-8-25(33)9-14-32(15-10-25)24(35)36-19(2)26(27,28)29/h4-5,16,19-20H,3,6-15,17H2,1-2H3,(H2,30,34). The summed E-state index contributed by atoms with van der Waals surface area (Å²) in [7, 11) is 0. The number of nitrogens with two attached hydrogens (primary N) is 1. The Hall–Kier alpha value is -2.49. The number of halogens is 3. The topological polar surface area (TPSA) is 79.1 Å². The van der Waals surface area contributed by atoms with E-state index in [4.69, 9.17) is 5.73 Å². The van der Waals surface area contributed by atoms with E-state index in [1.807, 2.05) is 0 Å². The Labute approximate surface area is 210 Å². The number of piperidine rings is 2. The van der Waals surface area contributed by atoms with E-state index in [0.29, 0.717) is 25.9 Å². The molecule has 0 aromatic heterocycles. The second kappa shape index (κ2) is 10.5. The molecule has 7 nitrogen and oxygen atoms in total. The van der Waals surface area contributed by atoms with Gasteiger partial charge in [-0.15, -0.1) is 0 Å². The molecule has 36 heavy (non-hydrogen) atoms.